The fraction of sp³-hybridized carbons (Fsp3) is 0.222. The van der Waals surface area contributed by atoms with Gasteiger partial charge in [-0.3, -0.25) is 4.79 Å². The van der Waals surface area contributed by atoms with Crippen LogP contribution in [0, 0.1) is 6.92 Å². The molecule has 1 aromatic carbocycles. The molecule has 0 saturated heterocycles. The molecule has 2 nitrogen and oxygen atoms in total. The third kappa shape index (κ3) is 3.80. The second kappa shape index (κ2) is 5.14. The van der Waals surface area contributed by atoms with Crippen LogP contribution < -0.4 is 5.32 Å². The number of amides is 1. The van der Waals surface area contributed by atoms with E-state index in [1.807, 2.05) is 31.2 Å². The molecule has 70 valence electrons. The number of carbonyl (C=O) groups excluding carboxylic acids is 1. The Hall–Kier alpha value is 0.150. The number of carbonyl (C=O) groups is 1. The van der Waals surface area contributed by atoms with Gasteiger partial charge in [0.05, 0.1) is 0 Å². The predicted octanol–water partition coefficient (Wildman–Crippen LogP) is 3.13. The molecule has 0 fully saturated rings. The summed E-state index contributed by atoms with van der Waals surface area (Å²) in [5, 5.41) is 2.83. The van der Waals surface area contributed by atoms with Crippen LogP contribution in [-0.2, 0) is 4.79 Å². The van der Waals surface area contributed by atoms with E-state index in [1.165, 1.54) is 0 Å². The molecule has 4 heteroatoms. The molecule has 1 aromatic rings. The minimum absolute atomic E-state index is 0.0317. The summed E-state index contributed by atoms with van der Waals surface area (Å²) in [5.74, 6) is 0.0341. The zero-order chi connectivity index (χ0) is 9.84. The standard InChI is InChI=1S/C9H9I2NO/c1-6-3-2-4-7(5-6)12-9(13)8(10)11/h2-5,8H,1H3,(H,12,13). The van der Waals surface area contributed by atoms with Gasteiger partial charge in [0.25, 0.3) is 0 Å². The first-order chi connectivity index (χ1) is 6.09. The lowest BCUT2D eigenvalue weighted by Crippen LogP contribution is -2.17. The second-order valence-corrected chi connectivity index (χ2v) is 7.53. The average Bonchev–Trinajstić information content (AvgIpc) is 2.04. The molecule has 0 aliphatic carbocycles. The maximum atomic E-state index is 11.3. The van der Waals surface area contributed by atoms with Gasteiger partial charge in [0.2, 0.25) is 5.91 Å². The van der Waals surface area contributed by atoms with Crippen LogP contribution in [-0.4, -0.2) is 7.84 Å². The van der Waals surface area contributed by atoms with E-state index in [4.69, 9.17) is 0 Å². The molecule has 0 bridgehead atoms. The van der Waals surface area contributed by atoms with Gasteiger partial charge < -0.3 is 5.32 Å². The molecule has 13 heavy (non-hydrogen) atoms. The molecule has 0 unspecified atom stereocenters. The Morgan fingerprint density at radius 1 is 1.46 bits per heavy atom. The smallest absolute Gasteiger partial charge is 0.247 e. The normalized spacial score (nSPS) is 10.2. The van der Waals surface area contributed by atoms with Crippen molar-refractivity contribution in [2.45, 2.75) is 8.86 Å². The second-order valence-electron chi connectivity index (χ2n) is 2.66. The molecule has 0 spiro atoms. The lowest BCUT2D eigenvalue weighted by Gasteiger charge is -2.05. The topological polar surface area (TPSA) is 29.1 Å². The molecule has 0 radical (unpaired) electrons. The van der Waals surface area contributed by atoms with Crippen molar-refractivity contribution in [3.8, 4) is 0 Å². The quantitative estimate of drug-likeness (QED) is 0.599. The van der Waals surface area contributed by atoms with Gasteiger partial charge in [-0.2, -0.15) is 0 Å². The minimum Gasteiger partial charge on any atom is -0.324 e. The van der Waals surface area contributed by atoms with Crippen molar-refractivity contribution in [3.05, 3.63) is 29.8 Å². The Balaban J connectivity index is 2.69. The van der Waals surface area contributed by atoms with E-state index >= 15 is 0 Å². The number of hydrogen-bond donors (Lipinski definition) is 1. The highest BCUT2D eigenvalue weighted by Crippen LogP contribution is 2.14. The molecule has 0 aliphatic rings. The Labute approximate surface area is 105 Å². The summed E-state index contributed by atoms with van der Waals surface area (Å²) in [6.07, 6.45) is 0. The van der Waals surface area contributed by atoms with Crippen molar-refractivity contribution in [2.75, 3.05) is 5.32 Å². The number of halogens is 2. The maximum absolute atomic E-state index is 11.3. The van der Waals surface area contributed by atoms with Crippen LogP contribution >= 0.6 is 45.2 Å². The third-order valence-corrected chi connectivity index (χ3v) is 2.62. The summed E-state index contributed by atoms with van der Waals surface area (Å²) in [4.78, 5) is 11.3. The van der Waals surface area contributed by atoms with Gasteiger partial charge in [-0.05, 0) is 24.6 Å². The van der Waals surface area contributed by atoms with E-state index in [1.54, 1.807) is 0 Å². The number of anilines is 1. The van der Waals surface area contributed by atoms with Crippen molar-refractivity contribution >= 4 is 56.8 Å². The van der Waals surface area contributed by atoms with Crippen LogP contribution in [0.4, 0.5) is 5.69 Å². The molecule has 0 aromatic heterocycles. The van der Waals surface area contributed by atoms with Crippen LogP contribution in [0.25, 0.3) is 0 Å². The van der Waals surface area contributed by atoms with Gasteiger partial charge in [-0.1, -0.05) is 57.3 Å². The number of aryl methyl sites for hydroxylation is 1. The van der Waals surface area contributed by atoms with E-state index in [9.17, 15) is 4.79 Å². The van der Waals surface area contributed by atoms with Crippen LogP contribution in [0.2, 0.25) is 0 Å². The van der Waals surface area contributed by atoms with Crippen LogP contribution in [0.3, 0.4) is 0 Å². The number of benzene rings is 1. The van der Waals surface area contributed by atoms with Gasteiger partial charge in [-0.25, -0.2) is 0 Å². The van der Waals surface area contributed by atoms with Gasteiger partial charge in [0, 0.05) is 5.69 Å². The number of hydrogen-bond acceptors (Lipinski definition) is 1. The van der Waals surface area contributed by atoms with Crippen molar-refractivity contribution in [1.29, 1.82) is 0 Å². The van der Waals surface area contributed by atoms with Crippen molar-refractivity contribution < 1.29 is 4.79 Å². The lowest BCUT2D eigenvalue weighted by atomic mass is 10.2. The highest BCUT2D eigenvalue weighted by molar-refractivity contribution is 14.2. The number of nitrogens with one attached hydrogen (secondary N) is 1. The Bertz CT molecular complexity index is 312. The van der Waals surface area contributed by atoms with Crippen LogP contribution in [0.15, 0.2) is 24.3 Å². The number of alkyl halides is 2. The van der Waals surface area contributed by atoms with Crippen LogP contribution in [0.1, 0.15) is 5.56 Å². The molecule has 1 N–H and O–H groups in total. The van der Waals surface area contributed by atoms with Gasteiger partial charge in [0.15, 0.2) is 0 Å². The summed E-state index contributed by atoms with van der Waals surface area (Å²) in [5.41, 5.74) is 2.01. The Kier molecular flexibility index (Phi) is 4.43. The first-order valence-electron chi connectivity index (χ1n) is 3.75. The van der Waals surface area contributed by atoms with E-state index < -0.39 is 0 Å². The minimum atomic E-state index is -0.0317. The average molecular weight is 401 g/mol. The SMILES string of the molecule is Cc1cccc(NC(=O)C(I)I)c1. The lowest BCUT2D eigenvalue weighted by molar-refractivity contribution is -0.113. The van der Waals surface area contributed by atoms with E-state index in [0.717, 1.165) is 11.3 Å². The number of rotatable bonds is 2. The van der Waals surface area contributed by atoms with E-state index in [-0.39, 0.29) is 7.84 Å². The van der Waals surface area contributed by atoms with E-state index in [0.29, 0.717) is 0 Å². The summed E-state index contributed by atoms with van der Waals surface area (Å²) in [6, 6.07) is 7.77. The van der Waals surface area contributed by atoms with Gasteiger partial charge >= 0.3 is 0 Å². The third-order valence-electron chi connectivity index (χ3n) is 1.48. The van der Waals surface area contributed by atoms with E-state index in [2.05, 4.69) is 50.5 Å². The molecular weight excluding hydrogens is 392 g/mol. The zero-order valence-electron chi connectivity index (χ0n) is 7.05. The fourth-order valence-corrected chi connectivity index (χ4v) is 1.23. The molecule has 1 amide bonds. The van der Waals surface area contributed by atoms with Gasteiger partial charge in [-0.15, -0.1) is 0 Å². The maximum Gasteiger partial charge on any atom is 0.247 e. The summed E-state index contributed by atoms with van der Waals surface area (Å²) in [6.45, 7) is 2.00. The highest BCUT2D eigenvalue weighted by Gasteiger charge is 2.09. The first kappa shape index (κ1) is 11.2. The molecule has 1 rings (SSSR count). The van der Waals surface area contributed by atoms with Crippen molar-refractivity contribution in [2.24, 2.45) is 0 Å². The monoisotopic (exact) mass is 401 g/mol. The Morgan fingerprint density at radius 3 is 2.69 bits per heavy atom. The first-order valence-corrected chi connectivity index (χ1v) is 6.24. The molecule has 0 saturated carbocycles. The molecule has 0 atom stereocenters. The summed E-state index contributed by atoms with van der Waals surface area (Å²) in [7, 11) is 0. The largest absolute Gasteiger partial charge is 0.324 e. The fourth-order valence-electron chi connectivity index (χ4n) is 0.920. The van der Waals surface area contributed by atoms with Gasteiger partial charge in [0.1, 0.15) is 1.93 Å². The Morgan fingerprint density at radius 2 is 2.15 bits per heavy atom. The molecule has 0 heterocycles. The zero-order valence-corrected chi connectivity index (χ0v) is 11.4. The van der Waals surface area contributed by atoms with Crippen molar-refractivity contribution in [1.82, 2.24) is 0 Å². The molecular formula is C9H9I2NO. The molecule has 0 aliphatic heterocycles. The summed E-state index contributed by atoms with van der Waals surface area (Å²) >= 11 is 4.16. The highest BCUT2D eigenvalue weighted by atomic mass is 127. The van der Waals surface area contributed by atoms with Crippen LogP contribution in [0.5, 0.6) is 0 Å². The predicted molar refractivity (Wildman–Crippen MR) is 71.6 cm³/mol. The summed E-state index contributed by atoms with van der Waals surface area (Å²) < 4.78 is -0.0317. The van der Waals surface area contributed by atoms with Crippen molar-refractivity contribution in [3.63, 3.8) is 0 Å².